The summed E-state index contributed by atoms with van der Waals surface area (Å²) < 4.78 is 5.78. The highest BCUT2D eigenvalue weighted by molar-refractivity contribution is 5.86. The van der Waals surface area contributed by atoms with Gasteiger partial charge < -0.3 is 15.0 Å². The Labute approximate surface area is 151 Å². The lowest BCUT2D eigenvalue weighted by atomic mass is 10.0. The summed E-state index contributed by atoms with van der Waals surface area (Å²) in [4.78, 5) is 22.4. The Bertz CT molecular complexity index is 895. The third kappa shape index (κ3) is 3.59. The summed E-state index contributed by atoms with van der Waals surface area (Å²) in [6, 6.07) is 14.3. The molecule has 1 aliphatic rings. The number of carbonyl (C=O) groups excluding carboxylic acids is 1. The first-order valence-electron chi connectivity index (χ1n) is 8.72. The van der Waals surface area contributed by atoms with Gasteiger partial charge in [0, 0.05) is 31.9 Å². The van der Waals surface area contributed by atoms with Crippen molar-refractivity contribution < 1.29 is 9.53 Å². The molecule has 6 nitrogen and oxygen atoms in total. The minimum Gasteiger partial charge on any atom is -0.471 e. The maximum absolute atomic E-state index is 12.5. The average Bonchev–Trinajstić information content (AvgIpc) is 3.15. The predicted molar refractivity (Wildman–Crippen MR) is 98.8 cm³/mol. The molecule has 1 atom stereocenters. The summed E-state index contributed by atoms with van der Waals surface area (Å²) >= 11 is 0. The monoisotopic (exact) mass is 348 g/mol. The number of aromatic nitrogens is 2. The number of nitrogens with one attached hydrogen (secondary N) is 1. The van der Waals surface area contributed by atoms with Crippen molar-refractivity contribution in [3.63, 3.8) is 0 Å². The van der Waals surface area contributed by atoms with E-state index in [1.54, 1.807) is 23.5 Å². The van der Waals surface area contributed by atoms with Crippen LogP contribution < -0.4 is 10.1 Å². The van der Waals surface area contributed by atoms with Crippen molar-refractivity contribution in [2.45, 2.75) is 19.1 Å². The first kappa shape index (κ1) is 16.3. The van der Waals surface area contributed by atoms with E-state index < -0.39 is 0 Å². The van der Waals surface area contributed by atoms with E-state index in [0.29, 0.717) is 25.5 Å². The smallest absolute Gasteiger partial charge is 0.317 e. The number of likely N-dealkylation sites (tertiary alicyclic amines) is 1. The van der Waals surface area contributed by atoms with Gasteiger partial charge in [-0.25, -0.2) is 9.78 Å². The third-order valence-corrected chi connectivity index (χ3v) is 4.57. The van der Waals surface area contributed by atoms with Crippen LogP contribution in [0.3, 0.4) is 0 Å². The maximum Gasteiger partial charge on any atom is 0.317 e. The van der Waals surface area contributed by atoms with Crippen LogP contribution in [0.25, 0.3) is 10.8 Å². The van der Waals surface area contributed by atoms with E-state index in [4.69, 9.17) is 4.74 Å². The number of hydrogen-bond donors (Lipinski definition) is 1. The fourth-order valence-electron chi connectivity index (χ4n) is 3.26. The van der Waals surface area contributed by atoms with E-state index in [0.717, 1.165) is 12.0 Å². The summed E-state index contributed by atoms with van der Waals surface area (Å²) in [5.41, 5.74) is 1.11. The first-order chi connectivity index (χ1) is 12.8. The number of urea groups is 1. The predicted octanol–water partition coefficient (Wildman–Crippen LogP) is 2.99. The molecule has 6 heteroatoms. The zero-order valence-electron chi connectivity index (χ0n) is 14.3. The van der Waals surface area contributed by atoms with Crippen LogP contribution in [0.2, 0.25) is 0 Å². The van der Waals surface area contributed by atoms with Crippen LogP contribution in [0, 0.1) is 0 Å². The van der Waals surface area contributed by atoms with Crippen LogP contribution in [0.15, 0.2) is 61.1 Å². The molecule has 1 aliphatic heterocycles. The van der Waals surface area contributed by atoms with Gasteiger partial charge in [-0.2, -0.15) is 0 Å². The molecule has 2 amide bonds. The Morgan fingerprint density at radius 3 is 2.96 bits per heavy atom. The fourth-order valence-corrected chi connectivity index (χ4v) is 3.26. The van der Waals surface area contributed by atoms with E-state index in [9.17, 15) is 4.79 Å². The van der Waals surface area contributed by atoms with Crippen molar-refractivity contribution in [3.05, 3.63) is 66.6 Å². The highest BCUT2D eigenvalue weighted by Gasteiger charge is 2.27. The highest BCUT2D eigenvalue weighted by atomic mass is 16.5. The second kappa shape index (κ2) is 7.39. The molecule has 1 N–H and O–H groups in total. The van der Waals surface area contributed by atoms with Crippen LogP contribution in [-0.4, -0.2) is 40.1 Å². The molecule has 0 saturated carbocycles. The zero-order chi connectivity index (χ0) is 17.8. The van der Waals surface area contributed by atoms with Crippen LogP contribution >= 0.6 is 0 Å². The fraction of sp³-hybridized carbons (Fsp3) is 0.250. The van der Waals surface area contributed by atoms with Gasteiger partial charge in [0.05, 0.1) is 12.7 Å². The van der Waals surface area contributed by atoms with E-state index in [1.165, 1.54) is 10.8 Å². The number of nitrogens with zero attached hydrogens (tertiary/aromatic N) is 3. The molecular formula is C20H20N4O2. The molecular weight excluding hydrogens is 328 g/mol. The van der Waals surface area contributed by atoms with Crippen molar-refractivity contribution in [2.24, 2.45) is 0 Å². The zero-order valence-corrected chi connectivity index (χ0v) is 14.3. The van der Waals surface area contributed by atoms with Crippen LogP contribution in [-0.2, 0) is 6.54 Å². The number of rotatable bonds is 4. The number of benzene rings is 2. The van der Waals surface area contributed by atoms with Gasteiger partial charge in [0.15, 0.2) is 0 Å². The molecule has 1 aromatic heterocycles. The van der Waals surface area contributed by atoms with Crippen LogP contribution in [0.1, 0.15) is 12.0 Å². The molecule has 0 spiro atoms. The molecule has 0 bridgehead atoms. The van der Waals surface area contributed by atoms with Crippen molar-refractivity contribution in [1.29, 1.82) is 0 Å². The summed E-state index contributed by atoms with van der Waals surface area (Å²) in [6.07, 6.45) is 5.53. The Morgan fingerprint density at radius 2 is 2.08 bits per heavy atom. The summed E-state index contributed by atoms with van der Waals surface area (Å²) in [7, 11) is 0. The second-order valence-corrected chi connectivity index (χ2v) is 6.32. The van der Waals surface area contributed by atoms with E-state index in [1.807, 2.05) is 24.3 Å². The standard InChI is InChI=1S/C20H20N4O2/c25-20(23-12-16-6-3-5-15-4-1-2-7-18(15)16)24-11-8-17(14-24)26-19-13-21-9-10-22-19/h1-7,9-10,13,17H,8,11-12,14H2,(H,23,25). The van der Waals surface area contributed by atoms with Gasteiger partial charge >= 0.3 is 6.03 Å². The maximum atomic E-state index is 12.5. The van der Waals surface area contributed by atoms with Crippen molar-refractivity contribution in [3.8, 4) is 5.88 Å². The second-order valence-electron chi connectivity index (χ2n) is 6.32. The SMILES string of the molecule is O=C(NCc1cccc2ccccc12)N1CCC(Oc2cnccn2)C1. The van der Waals surface area contributed by atoms with Gasteiger partial charge in [-0.1, -0.05) is 42.5 Å². The Morgan fingerprint density at radius 1 is 1.19 bits per heavy atom. The largest absolute Gasteiger partial charge is 0.471 e. The van der Waals surface area contributed by atoms with Crippen LogP contribution in [0.4, 0.5) is 4.79 Å². The minimum absolute atomic E-state index is 0.0463. The van der Waals surface area contributed by atoms with E-state index >= 15 is 0 Å². The highest BCUT2D eigenvalue weighted by Crippen LogP contribution is 2.19. The summed E-state index contributed by atoms with van der Waals surface area (Å²) in [6.45, 7) is 1.73. The Hall–Kier alpha value is -3.15. The van der Waals surface area contributed by atoms with Gasteiger partial charge in [-0.3, -0.25) is 4.98 Å². The van der Waals surface area contributed by atoms with Gasteiger partial charge in [0.2, 0.25) is 5.88 Å². The van der Waals surface area contributed by atoms with Gasteiger partial charge in [0.25, 0.3) is 0 Å². The summed E-state index contributed by atoms with van der Waals surface area (Å²) in [5.74, 6) is 0.496. The Kier molecular flexibility index (Phi) is 4.64. The lowest BCUT2D eigenvalue weighted by Crippen LogP contribution is -2.39. The quantitative estimate of drug-likeness (QED) is 0.787. The number of fused-ring (bicyclic) bond motifs is 1. The number of hydrogen-bond acceptors (Lipinski definition) is 4. The molecule has 3 aromatic rings. The molecule has 4 rings (SSSR count). The molecule has 26 heavy (non-hydrogen) atoms. The normalized spacial score (nSPS) is 16.6. The molecule has 1 unspecified atom stereocenters. The molecule has 1 saturated heterocycles. The average molecular weight is 348 g/mol. The van der Waals surface area contributed by atoms with Crippen LogP contribution in [0.5, 0.6) is 5.88 Å². The molecule has 132 valence electrons. The minimum atomic E-state index is -0.0665. The van der Waals surface area contributed by atoms with Crippen molar-refractivity contribution in [1.82, 2.24) is 20.2 Å². The first-order valence-corrected chi connectivity index (χ1v) is 8.72. The molecule has 0 aliphatic carbocycles. The van der Waals surface area contributed by atoms with E-state index in [2.05, 4.69) is 33.5 Å². The molecule has 1 fully saturated rings. The molecule has 0 radical (unpaired) electrons. The van der Waals surface area contributed by atoms with Crippen molar-refractivity contribution >= 4 is 16.8 Å². The van der Waals surface area contributed by atoms with Gasteiger partial charge in [-0.05, 0) is 16.3 Å². The van der Waals surface area contributed by atoms with Gasteiger partial charge in [-0.15, -0.1) is 0 Å². The lowest BCUT2D eigenvalue weighted by molar-refractivity contribution is 0.182. The topological polar surface area (TPSA) is 67.4 Å². The van der Waals surface area contributed by atoms with Crippen molar-refractivity contribution in [2.75, 3.05) is 13.1 Å². The molecule has 2 aromatic carbocycles. The van der Waals surface area contributed by atoms with E-state index in [-0.39, 0.29) is 12.1 Å². The Balaban J connectivity index is 1.34. The molecule has 2 heterocycles. The number of ether oxygens (including phenoxy) is 1. The lowest BCUT2D eigenvalue weighted by Gasteiger charge is -2.18. The number of carbonyl (C=O) groups is 1. The third-order valence-electron chi connectivity index (χ3n) is 4.57. The van der Waals surface area contributed by atoms with Gasteiger partial charge in [0.1, 0.15) is 6.10 Å². The summed E-state index contributed by atoms with van der Waals surface area (Å²) in [5, 5.41) is 5.37. The number of amides is 2.